The summed E-state index contributed by atoms with van der Waals surface area (Å²) in [6.45, 7) is 4.74. The summed E-state index contributed by atoms with van der Waals surface area (Å²) in [7, 11) is 0. The first-order chi connectivity index (χ1) is 13.7. The molecule has 0 unspecified atom stereocenters. The zero-order valence-electron chi connectivity index (χ0n) is 16.2. The number of amides is 1. The number of amidine groups is 1. The number of hydrogen-bond donors (Lipinski definition) is 3. The van der Waals surface area contributed by atoms with Gasteiger partial charge < -0.3 is 16.0 Å². The van der Waals surface area contributed by atoms with E-state index in [0.717, 1.165) is 54.2 Å². The first kappa shape index (κ1) is 18.6. The zero-order valence-corrected chi connectivity index (χ0v) is 16.2. The SMILES string of the molecule is C[C@@H](NC(=O)Cc1cc2c(cn1)C(NC1CCNCC1)=NC2)c1ccccc1. The number of nitrogens with one attached hydrogen (secondary N) is 3. The van der Waals surface area contributed by atoms with E-state index in [4.69, 9.17) is 0 Å². The normalized spacial score (nSPS) is 17.5. The van der Waals surface area contributed by atoms with Gasteiger partial charge in [0.05, 0.1) is 24.7 Å². The Balaban J connectivity index is 1.35. The summed E-state index contributed by atoms with van der Waals surface area (Å²) in [5.41, 5.74) is 4.10. The van der Waals surface area contributed by atoms with Crippen LogP contribution in [0.15, 0.2) is 47.6 Å². The molecule has 1 amide bonds. The third kappa shape index (κ3) is 4.39. The molecule has 0 bridgehead atoms. The minimum Gasteiger partial charge on any atom is -0.367 e. The van der Waals surface area contributed by atoms with Crippen LogP contribution in [0.5, 0.6) is 0 Å². The number of carbonyl (C=O) groups excluding carboxylic acids is 1. The Bertz CT molecular complexity index is 858. The van der Waals surface area contributed by atoms with Crippen molar-refractivity contribution in [1.29, 1.82) is 0 Å². The van der Waals surface area contributed by atoms with Gasteiger partial charge in [-0.25, -0.2) is 0 Å². The molecule has 1 aromatic heterocycles. The molecule has 146 valence electrons. The second-order valence-corrected chi connectivity index (χ2v) is 7.54. The number of rotatable bonds is 5. The van der Waals surface area contributed by atoms with Crippen LogP contribution < -0.4 is 16.0 Å². The minimum absolute atomic E-state index is 0.0178. The van der Waals surface area contributed by atoms with Crippen LogP contribution in [0.2, 0.25) is 0 Å². The van der Waals surface area contributed by atoms with Gasteiger partial charge in [-0.3, -0.25) is 14.8 Å². The fourth-order valence-electron chi connectivity index (χ4n) is 3.80. The molecule has 6 nitrogen and oxygen atoms in total. The minimum atomic E-state index is -0.0211. The number of nitrogens with zero attached hydrogens (tertiary/aromatic N) is 2. The highest BCUT2D eigenvalue weighted by Gasteiger charge is 2.21. The second-order valence-electron chi connectivity index (χ2n) is 7.54. The van der Waals surface area contributed by atoms with Crippen molar-refractivity contribution in [3.05, 3.63) is 65.0 Å². The molecule has 2 aliphatic rings. The number of aromatic nitrogens is 1. The number of benzene rings is 1. The van der Waals surface area contributed by atoms with E-state index in [2.05, 4.69) is 25.9 Å². The molecule has 3 N–H and O–H groups in total. The maximum atomic E-state index is 12.4. The Morgan fingerprint density at radius 3 is 2.82 bits per heavy atom. The Morgan fingerprint density at radius 2 is 2.04 bits per heavy atom. The van der Waals surface area contributed by atoms with Crippen LogP contribution in [0, 0.1) is 0 Å². The average Bonchev–Trinajstić information content (AvgIpc) is 3.11. The molecule has 6 heteroatoms. The summed E-state index contributed by atoms with van der Waals surface area (Å²) in [5, 5.41) is 10.00. The lowest BCUT2D eigenvalue weighted by Gasteiger charge is -2.24. The highest BCUT2D eigenvalue weighted by atomic mass is 16.1. The van der Waals surface area contributed by atoms with Crippen molar-refractivity contribution in [3.63, 3.8) is 0 Å². The zero-order chi connectivity index (χ0) is 19.3. The molecular weight excluding hydrogens is 350 g/mol. The molecule has 28 heavy (non-hydrogen) atoms. The third-order valence-corrected chi connectivity index (χ3v) is 5.41. The van der Waals surface area contributed by atoms with Crippen LogP contribution in [0.1, 0.15) is 48.2 Å². The molecule has 1 fully saturated rings. The fraction of sp³-hybridized carbons (Fsp3) is 0.409. The first-order valence-electron chi connectivity index (χ1n) is 10.0. The molecule has 1 atom stereocenters. The Kier molecular flexibility index (Phi) is 5.67. The molecule has 4 rings (SSSR count). The summed E-state index contributed by atoms with van der Waals surface area (Å²) >= 11 is 0. The van der Waals surface area contributed by atoms with Crippen LogP contribution in [-0.2, 0) is 17.8 Å². The number of carbonyl (C=O) groups is 1. The average molecular weight is 377 g/mol. The van der Waals surface area contributed by atoms with Crippen LogP contribution in [0.4, 0.5) is 0 Å². The van der Waals surface area contributed by atoms with Gasteiger partial charge >= 0.3 is 0 Å². The van der Waals surface area contributed by atoms with E-state index in [1.54, 1.807) is 0 Å². The highest BCUT2D eigenvalue weighted by molar-refractivity contribution is 6.02. The van der Waals surface area contributed by atoms with Gasteiger partial charge in [0.1, 0.15) is 5.84 Å². The van der Waals surface area contributed by atoms with E-state index in [1.165, 1.54) is 0 Å². The Hall–Kier alpha value is -2.73. The molecule has 1 saturated heterocycles. The van der Waals surface area contributed by atoms with E-state index >= 15 is 0 Å². The van der Waals surface area contributed by atoms with Crippen LogP contribution in [0.25, 0.3) is 0 Å². The monoisotopic (exact) mass is 377 g/mol. The Morgan fingerprint density at radius 1 is 1.25 bits per heavy atom. The van der Waals surface area contributed by atoms with Crippen molar-refractivity contribution in [2.75, 3.05) is 13.1 Å². The fourth-order valence-corrected chi connectivity index (χ4v) is 3.80. The molecular formula is C22H27N5O. The number of pyridine rings is 1. The number of hydrogen-bond acceptors (Lipinski definition) is 5. The summed E-state index contributed by atoms with van der Waals surface area (Å²) in [6, 6.07) is 12.4. The lowest BCUT2D eigenvalue weighted by atomic mass is 10.0. The summed E-state index contributed by atoms with van der Waals surface area (Å²) in [6.07, 6.45) is 4.36. The van der Waals surface area contributed by atoms with Gasteiger partial charge in [0, 0.05) is 17.8 Å². The van der Waals surface area contributed by atoms with Crippen molar-refractivity contribution in [3.8, 4) is 0 Å². The molecule has 2 aliphatic heterocycles. The summed E-state index contributed by atoms with van der Waals surface area (Å²) in [4.78, 5) is 21.6. The van der Waals surface area contributed by atoms with E-state index in [9.17, 15) is 4.79 Å². The highest BCUT2D eigenvalue weighted by Crippen LogP contribution is 2.19. The maximum absolute atomic E-state index is 12.4. The summed E-state index contributed by atoms with van der Waals surface area (Å²) in [5.74, 6) is 0.930. The van der Waals surface area contributed by atoms with E-state index < -0.39 is 0 Å². The predicted molar refractivity (Wildman–Crippen MR) is 110 cm³/mol. The number of piperidine rings is 1. The van der Waals surface area contributed by atoms with Crippen LogP contribution in [-0.4, -0.2) is 35.9 Å². The lowest BCUT2D eigenvalue weighted by molar-refractivity contribution is -0.121. The van der Waals surface area contributed by atoms with Crippen molar-refractivity contribution >= 4 is 11.7 Å². The van der Waals surface area contributed by atoms with Gasteiger partial charge in [0.25, 0.3) is 0 Å². The molecule has 3 heterocycles. The lowest BCUT2D eigenvalue weighted by Crippen LogP contribution is -2.42. The second kappa shape index (κ2) is 8.52. The van der Waals surface area contributed by atoms with E-state index in [0.29, 0.717) is 12.6 Å². The molecule has 0 aliphatic carbocycles. The smallest absolute Gasteiger partial charge is 0.226 e. The van der Waals surface area contributed by atoms with Gasteiger partial charge in [0.15, 0.2) is 0 Å². The van der Waals surface area contributed by atoms with Crippen molar-refractivity contribution < 1.29 is 4.79 Å². The Labute approximate surface area is 165 Å². The summed E-state index contributed by atoms with van der Waals surface area (Å²) < 4.78 is 0. The van der Waals surface area contributed by atoms with Gasteiger partial charge in [-0.2, -0.15) is 0 Å². The van der Waals surface area contributed by atoms with Gasteiger partial charge in [-0.15, -0.1) is 0 Å². The largest absolute Gasteiger partial charge is 0.367 e. The topological polar surface area (TPSA) is 78.4 Å². The van der Waals surface area contributed by atoms with Gasteiger partial charge in [-0.05, 0) is 50.0 Å². The van der Waals surface area contributed by atoms with Crippen LogP contribution in [0.3, 0.4) is 0 Å². The van der Waals surface area contributed by atoms with Gasteiger partial charge in [0.2, 0.25) is 5.91 Å². The van der Waals surface area contributed by atoms with Crippen molar-refractivity contribution in [2.45, 2.75) is 44.8 Å². The number of fused-ring (bicyclic) bond motifs is 1. The molecule has 0 radical (unpaired) electrons. The van der Waals surface area contributed by atoms with Crippen molar-refractivity contribution in [1.82, 2.24) is 20.9 Å². The maximum Gasteiger partial charge on any atom is 0.226 e. The third-order valence-electron chi connectivity index (χ3n) is 5.41. The predicted octanol–water partition coefficient (Wildman–Crippen LogP) is 2.10. The molecule has 0 saturated carbocycles. The van der Waals surface area contributed by atoms with Gasteiger partial charge in [-0.1, -0.05) is 30.3 Å². The molecule has 0 spiro atoms. The molecule has 2 aromatic rings. The van der Waals surface area contributed by atoms with E-state index in [-0.39, 0.29) is 18.4 Å². The number of aliphatic imine (C=N–C) groups is 1. The standard InChI is InChI=1S/C22H27N5O/c1-15(16-5-3-2-4-6-16)26-21(28)12-19-11-17-13-25-22(20(17)14-24-19)27-18-7-9-23-10-8-18/h2-6,11,14-15,18,23H,7-10,12-13H2,1H3,(H,25,27)(H,26,28)/t15-/m1/s1. The first-order valence-corrected chi connectivity index (χ1v) is 10.0. The van der Waals surface area contributed by atoms with Crippen LogP contribution >= 0.6 is 0 Å². The van der Waals surface area contributed by atoms with Crippen molar-refractivity contribution in [2.24, 2.45) is 4.99 Å². The quantitative estimate of drug-likeness (QED) is 0.746. The van der Waals surface area contributed by atoms with E-state index in [1.807, 2.05) is 49.5 Å². The molecule has 1 aromatic carbocycles.